The number of hydrogen-bond acceptors (Lipinski definition) is 6. The first-order valence-corrected chi connectivity index (χ1v) is 13.3. The van der Waals surface area contributed by atoms with E-state index < -0.39 is 5.60 Å². The minimum atomic E-state index is -1.15. The van der Waals surface area contributed by atoms with Gasteiger partial charge in [-0.25, -0.2) is 4.79 Å². The van der Waals surface area contributed by atoms with Crippen LogP contribution in [0.3, 0.4) is 0 Å². The van der Waals surface area contributed by atoms with E-state index in [9.17, 15) is 9.59 Å². The maximum absolute atomic E-state index is 13.3. The molecule has 0 radical (unpaired) electrons. The van der Waals surface area contributed by atoms with Crippen LogP contribution in [0.15, 0.2) is 78.9 Å². The van der Waals surface area contributed by atoms with Gasteiger partial charge in [-0.15, -0.1) is 0 Å². The van der Waals surface area contributed by atoms with Crippen LogP contribution in [0, 0.1) is 6.92 Å². The van der Waals surface area contributed by atoms with E-state index in [4.69, 9.17) is 9.47 Å². The predicted molar refractivity (Wildman–Crippen MR) is 153 cm³/mol. The van der Waals surface area contributed by atoms with Crippen LogP contribution in [-0.4, -0.2) is 24.8 Å². The highest BCUT2D eigenvalue weighted by Crippen LogP contribution is 2.57. The maximum atomic E-state index is 13.3. The van der Waals surface area contributed by atoms with Crippen LogP contribution in [0.2, 0.25) is 0 Å². The molecule has 4 aromatic rings. The van der Waals surface area contributed by atoms with Gasteiger partial charge in [-0.05, 0) is 75.7 Å². The van der Waals surface area contributed by atoms with Gasteiger partial charge in [0.1, 0.15) is 11.5 Å². The average Bonchev–Trinajstić information content (AvgIpc) is 3.23. The minimum Gasteiger partial charge on any atom is -0.456 e. The molecule has 2 heterocycles. The molecule has 1 N–H and O–H groups in total. The molecule has 6 rings (SSSR count). The van der Waals surface area contributed by atoms with Crippen molar-refractivity contribution >= 4 is 28.8 Å². The van der Waals surface area contributed by atoms with Crippen LogP contribution in [0.4, 0.5) is 17.1 Å². The Morgan fingerprint density at radius 2 is 1.64 bits per heavy atom. The number of ether oxygens (including phenoxy) is 2. The number of Topliss-reactive ketones (excluding diaryl/α,β-unsaturated/α-hetero) is 1. The van der Waals surface area contributed by atoms with E-state index in [0.717, 1.165) is 52.4 Å². The van der Waals surface area contributed by atoms with Crippen LogP contribution < -0.4 is 15.0 Å². The number of nitrogens with one attached hydrogen (secondary N) is 1. The fourth-order valence-corrected chi connectivity index (χ4v) is 5.70. The van der Waals surface area contributed by atoms with Gasteiger partial charge < -0.3 is 19.7 Å². The summed E-state index contributed by atoms with van der Waals surface area (Å²) in [6.07, 6.45) is 0. The Balaban J connectivity index is 1.55. The molecule has 2 aliphatic heterocycles. The molecular weight excluding hydrogens is 488 g/mol. The van der Waals surface area contributed by atoms with Crippen molar-refractivity contribution in [3.05, 3.63) is 112 Å². The lowest BCUT2D eigenvalue weighted by Crippen LogP contribution is -2.33. The zero-order valence-corrected chi connectivity index (χ0v) is 22.5. The number of ketones is 1. The number of esters is 1. The summed E-state index contributed by atoms with van der Waals surface area (Å²) in [7, 11) is 0. The zero-order valence-electron chi connectivity index (χ0n) is 22.5. The Morgan fingerprint density at radius 1 is 0.872 bits per heavy atom. The highest BCUT2D eigenvalue weighted by Gasteiger charge is 2.53. The third kappa shape index (κ3) is 3.86. The third-order valence-corrected chi connectivity index (χ3v) is 7.72. The quantitative estimate of drug-likeness (QED) is 0.213. The van der Waals surface area contributed by atoms with Crippen LogP contribution >= 0.6 is 0 Å². The second-order valence-electron chi connectivity index (χ2n) is 10.00. The summed E-state index contributed by atoms with van der Waals surface area (Å²) in [4.78, 5) is 27.5. The largest absolute Gasteiger partial charge is 0.456 e. The van der Waals surface area contributed by atoms with Crippen LogP contribution in [0.5, 0.6) is 11.5 Å². The molecule has 1 unspecified atom stereocenters. The van der Waals surface area contributed by atoms with Crippen molar-refractivity contribution in [1.82, 2.24) is 0 Å². The number of aryl methyl sites for hydroxylation is 1. The van der Waals surface area contributed by atoms with Gasteiger partial charge in [-0.1, -0.05) is 30.3 Å². The number of anilines is 3. The van der Waals surface area contributed by atoms with Gasteiger partial charge in [0.2, 0.25) is 0 Å². The van der Waals surface area contributed by atoms with E-state index in [1.165, 1.54) is 0 Å². The van der Waals surface area contributed by atoms with Crippen molar-refractivity contribution in [2.24, 2.45) is 0 Å². The molecule has 2 aliphatic rings. The van der Waals surface area contributed by atoms with Crippen molar-refractivity contribution in [1.29, 1.82) is 0 Å². The van der Waals surface area contributed by atoms with Crippen molar-refractivity contribution in [2.75, 3.05) is 23.3 Å². The topological polar surface area (TPSA) is 67.9 Å². The molecule has 0 aromatic heterocycles. The van der Waals surface area contributed by atoms with Gasteiger partial charge in [0.05, 0.1) is 5.56 Å². The van der Waals surface area contributed by atoms with Crippen molar-refractivity contribution in [3.63, 3.8) is 0 Å². The normalized spacial score (nSPS) is 16.6. The van der Waals surface area contributed by atoms with Gasteiger partial charge in [-0.3, -0.25) is 4.79 Å². The molecule has 0 fully saturated rings. The predicted octanol–water partition coefficient (Wildman–Crippen LogP) is 7.36. The molecule has 1 spiro atoms. The van der Waals surface area contributed by atoms with Gasteiger partial charge >= 0.3 is 5.97 Å². The average molecular weight is 519 g/mol. The van der Waals surface area contributed by atoms with Gasteiger partial charge in [-0.2, -0.15) is 0 Å². The number of benzene rings is 4. The summed E-state index contributed by atoms with van der Waals surface area (Å²) < 4.78 is 12.9. The monoisotopic (exact) mass is 518 g/mol. The second-order valence-corrected chi connectivity index (χ2v) is 10.00. The van der Waals surface area contributed by atoms with Gasteiger partial charge in [0, 0.05) is 58.5 Å². The molecule has 4 aromatic carbocycles. The first-order valence-electron chi connectivity index (χ1n) is 13.3. The summed E-state index contributed by atoms with van der Waals surface area (Å²) in [5, 5.41) is 3.47. The summed E-state index contributed by atoms with van der Waals surface area (Å²) in [6, 6.07) is 25.1. The Hall–Kier alpha value is -4.58. The molecule has 39 heavy (non-hydrogen) atoms. The third-order valence-electron chi connectivity index (χ3n) is 7.72. The van der Waals surface area contributed by atoms with E-state index in [1.807, 2.05) is 73.7 Å². The van der Waals surface area contributed by atoms with Crippen LogP contribution in [0.1, 0.15) is 63.7 Å². The maximum Gasteiger partial charge on any atom is 0.340 e. The molecule has 0 saturated heterocycles. The molecule has 0 saturated carbocycles. The summed E-state index contributed by atoms with van der Waals surface area (Å²) in [5.41, 5.74) is 6.01. The van der Waals surface area contributed by atoms with Crippen molar-refractivity contribution in [2.45, 2.75) is 33.3 Å². The Labute approximate surface area is 228 Å². The second kappa shape index (κ2) is 9.31. The smallest absolute Gasteiger partial charge is 0.340 e. The fourth-order valence-electron chi connectivity index (χ4n) is 5.70. The van der Waals surface area contributed by atoms with Crippen LogP contribution in [0.25, 0.3) is 0 Å². The van der Waals surface area contributed by atoms with E-state index in [0.29, 0.717) is 22.6 Å². The molecule has 6 nitrogen and oxygen atoms in total. The van der Waals surface area contributed by atoms with E-state index >= 15 is 0 Å². The lowest BCUT2D eigenvalue weighted by molar-refractivity contribution is 0.0224. The van der Waals surface area contributed by atoms with Crippen LogP contribution in [-0.2, 0) is 10.3 Å². The first-order chi connectivity index (χ1) is 18.8. The van der Waals surface area contributed by atoms with E-state index in [2.05, 4.69) is 30.1 Å². The number of nitrogens with zero attached hydrogens (tertiary/aromatic N) is 1. The molecule has 196 valence electrons. The standard InChI is InChI=1S/C33H30N2O4/c1-5-35(6-2)24-14-15-27-31(18-24)38-30-16-20(3)29(34-23-11-9-10-22(17-23)21(4)36)19-28(30)33(27)26-13-8-7-12-25(26)32(37)39-33/h7-19,34H,5-6H2,1-4H3. The zero-order chi connectivity index (χ0) is 27.3. The summed E-state index contributed by atoms with van der Waals surface area (Å²) in [5.74, 6) is 0.958. The molecule has 0 amide bonds. The number of hydrogen-bond donors (Lipinski definition) is 1. The number of carbonyl (C=O) groups excluding carboxylic acids is 2. The first kappa shape index (κ1) is 24.7. The van der Waals surface area contributed by atoms with Gasteiger partial charge in [0.15, 0.2) is 11.4 Å². The van der Waals surface area contributed by atoms with E-state index in [1.54, 1.807) is 13.0 Å². The summed E-state index contributed by atoms with van der Waals surface area (Å²) >= 11 is 0. The van der Waals surface area contributed by atoms with Crippen molar-refractivity contribution in [3.8, 4) is 11.5 Å². The Bertz CT molecular complexity index is 1640. The lowest BCUT2D eigenvalue weighted by atomic mass is 9.77. The molecular formula is C33H30N2O4. The number of rotatable bonds is 6. The van der Waals surface area contributed by atoms with Gasteiger partial charge in [0.25, 0.3) is 0 Å². The summed E-state index contributed by atoms with van der Waals surface area (Å²) in [6.45, 7) is 9.55. The highest BCUT2D eigenvalue weighted by molar-refractivity contribution is 5.97. The Kier molecular flexibility index (Phi) is 5.91. The minimum absolute atomic E-state index is 0.00308. The number of carbonyl (C=O) groups is 2. The Morgan fingerprint density at radius 3 is 2.41 bits per heavy atom. The highest BCUT2D eigenvalue weighted by atomic mass is 16.6. The molecule has 0 aliphatic carbocycles. The van der Waals surface area contributed by atoms with Crippen molar-refractivity contribution < 1.29 is 19.1 Å². The number of fused-ring (bicyclic) bond motifs is 6. The molecule has 0 bridgehead atoms. The van der Waals surface area contributed by atoms with E-state index in [-0.39, 0.29) is 11.8 Å². The SMILES string of the molecule is CCN(CC)c1ccc2c(c1)Oc1cc(C)c(Nc3cccc(C(C)=O)c3)cc1C21OC(=O)c2ccccc21. The molecule has 6 heteroatoms. The lowest BCUT2D eigenvalue weighted by Gasteiger charge is -2.37. The molecule has 1 atom stereocenters. The fraction of sp³-hybridized carbons (Fsp3) is 0.212.